The summed E-state index contributed by atoms with van der Waals surface area (Å²) in [7, 11) is 8.72. The number of Topliss-reactive ketones (excluding diaryl/α,β-unsaturated/α-hetero) is 1. The predicted molar refractivity (Wildman–Crippen MR) is 221 cm³/mol. The Bertz CT molecular complexity index is 1610. The van der Waals surface area contributed by atoms with Crippen molar-refractivity contribution in [3.8, 4) is 17.2 Å². The molecule has 13 nitrogen and oxygen atoms in total. The molecule has 0 unspecified atom stereocenters. The topological polar surface area (TPSA) is 139 Å². The SMILES string of the molecule is COCCOc1ccnc(C(C)=NCC(=S)N(C)C)c1.COCCOc1ccnc(C(C)=NCC(=S)SC)c1.COCCOc1ccnc(C(C)=O)c1. The van der Waals surface area contributed by atoms with Crippen molar-refractivity contribution in [1.29, 1.82) is 0 Å². The Balaban J connectivity index is 0.000000404. The zero-order valence-corrected chi connectivity index (χ0v) is 34.6. The van der Waals surface area contributed by atoms with E-state index in [1.165, 1.54) is 6.92 Å². The number of hydrogen-bond acceptors (Lipinski definition) is 15. The van der Waals surface area contributed by atoms with Gasteiger partial charge in [-0.3, -0.25) is 29.7 Å². The number of aromatic nitrogens is 3. The number of pyridine rings is 3. The summed E-state index contributed by atoms with van der Waals surface area (Å²) in [5, 5.41) is 0. The molecule has 0 spiro atoms. The van der Waals surface area contributed by atoms with Crippen LogP contribution in [0.5, 0.6) is 17.2 Å². The molecule has 0 radical (unpaired) electrons. The molecule has 0 atom stereocenters. The Kier molecular flexibility index (Phi) is 25.4. The van der Waals surface area contributed by atoms with Crippen LogP contribution in [0.15, 0.2) is 65.0 Å². The molecule has 0 aromatic carbocycles. The van der Waals surface area contributed by atoms with Crippen LogP contribution in [0.4, 0.5) is 0 Å². The fourth-order valence-corrected chi connectivity index (χ4v) is 3.88. The number of nitrogens with zero attached hydrogens (tertiary/aromatic N) is 6. The van der Waals surface area contributed by atoms with Crippen LogP contribution < -0.4 is 14.2 Å². The van der Waals surface area contributed by atoms with Crippen LogP contribution in [0, 0.1) is 0 Å². The molecule has 0 amide bonds. The second kappa shape index (κ2) is 28.6. The van der Waals surface area contributed by atoms with Crippen molar-refractivity contribution in [3.63, 3.8) is 0 Å². The molecule has 0 aliphatic rings. The van der Waals surface area contributed by atoms with Gasteiger partial charge in [0, 0.05) is 79.1 Å². The van der Waals surface area contributed by atoms with Crippen LogP contribution in [0.3, 0.4) is 0 Å². The number of aliphatic imine (C=N–C) groups is 2. The molecule has 3 rings (SSSR count). The van der Waals surface area contributed by atoms with Crippen molar-refractivity contribution in [2.24, 2.45) is 9.98 Å². The summed E-state index contributed by atoms with van der Waals surface area (Å²) < 4.78 is 32.0. The molecule has 0 bridgehead atoms. The Labute approximate surface area is 328 Å². The lowest BCUT2D eigenvalue weighted by Gasteiger charge is -2.11. The molecule has 0 aliphatic heterocycles. The first-order valence-electron chi connectivity index (χ1n) is 16.5. The van der Waals surface area contributed by atoms with E-state index in [0.29, 0.717) is 64.2 Å². The molecular weight excluding hydrogens is 737 g/mol. The quantitative estimate of drug-likeness (QED) is 0.0633. The van der Waals surface area contributed by atoms with E-state index in [1.54, 1.807) is 63.8 Å². The number of thiocarbonyl (C=S) groups is 2. The Morgan fingerprint density at radius 2 is 1.04 bits per heavy atom. The number of ketones is 1. The van der Waals surface area contributed by atoms with Gasteiger partial charge in [-0.15, -0.1) is 11.8 Å². The third-order valence-corrected chi connectivity index (χ3v) is 8.30. The lowest BCUT2D eigenvalue weighted by molar-refractivity contribution is 0.101. The van der Waals surface area contributed by atoms with Crippen LogP contribution in [-0.2, 0) is 14.2 Å². The summed E-state index contributed by atoms with van der Waals surface area (Å²) >= 11 is 11.9. The number of thioether (sulfide) groups is 1. The summed E-state index contributed by atoms with van der Waals surface area (Å²) in [6.07, 6.45) is 6.93. The first-order chi connectivity index (χ1) is 25.4. The Hall–Kier alpha value is -3.93. The van der Waals surface area contributed by atoms with Gasteiger partial charge in [-0.25, -0.2) is 0 Å². The highest BCUT2D eigenvalue weighted by Gasteiger charge is 2.05. The van der Waals surface area contributed by atoms with Crippen LogP contribution in [0.25, 0.3) is 0 Å². The molecular formula is C37H52N6O7S3. The zero-order valence-electron chi connectivity index (χ0n) is 32.1. The van der Waals surface area contributed by atoms with E-state index in [1.807, 2.05) is 63.4 Å². The third kappa shape index (κ3) is 21.4. The molecule has 53 heavy (non-hydrogen) atoms. The van der Waals surface area contributed by atoms with Gasteiger partial charge in [0.25, 0.3) is 0 Å². The van der Waals surface area contributed by atoms with Gasteiger partial charge in [-0.2, -0.15) is 0 Å². The minimum atomic E-state index is -0.0674. The van der Waals surface area contributed by atoms with E-state index >= 15 is 0 Å². The average molecular weight is 789 g/mol. The fourth-order valence-electron chi connectivity index (χ4n) is 3.56. The maximum Gasteiger partial charge on any atom is 0.178 e. The third-order valence-electron chi connectivity index (χ3n) is 6.59. The maximum absolute atomic E-state index is 11.0. The molecule has 3 heterocycles. The summed E-state index contributed by atoms with van der Waals surface area (Å²) in [6, 6.07) is 10.7. The molecule has 0 fully saturated rings. The smallest absolute Gasteiger partial charge is 0.178 e. The summed E-state index contributed by atoms with van der Waals surface area (Å²) in [5.74, 6) is 2.10. The van der Waals surface area contributed by atoms with Gasteiger partial charge in [-0.1, -0.05) is 24.4 Å². The van der Waals surface area contributed by atoms with Crippen molar-refractivity contribution in [3.05, 3.63) is 72.1 Å². The van der Waals surface area contributed by atoms with Gasteiger partial charge in [0.1, 0.15) is 42.8 Å². The van der Waals surface area contributed by atoms with Crippen molar-refractivity contribution >= 4 is 62.6 Å². The molecule has 290 valence electrons. The minimum Gasteiger partial charge on any atom is -0.491 e. The Morgan fingerprint density at radius 3 is 1.40 bits per heavy atom. The summed E-state index contributed by atoms with van der Waals surface area (Å²) in [5.41, 5.74) is 3.71. The van der Waals surface area contributed by atoms with Gasteiger partial charge in [0.05, 0.1) is 64.9 Å². The van der Waals surface area contributed by atoms with Crippen LogP contribution in [0.2, 0.25) is 0 Å². The second-order valence-electron chi connectivity index (χ2n) is 10.9. The van der Waals surface area contributed by atoms with Crippen molar-refractivity contribution < 1.29 is 33.2 Å². The van der Waals surface area contributed by atoms with E-state index in [0.717, 1.165) is 43.5 Å². The number of rotatable bonds is 19. The van der Waals surface area contributed by atoms with E-state index in [9.17, 15) is 4.79 Å². The molecule has 3 aromatic heterocycles. The molecule has 0 saturated heterocycles. The number of carbonyl (C=O) groups excluding carboxylic acids is 1. The largest absolute Gasteiger partial charge is 0.491 e. The first-order valence-corrected chi connectivity index (χ1v) is 18.5. The number of carbonyl (C=O) groups is 1. The van der Waals surface area contributed by atoms with E-state index in [2.05, 4.69) is 24.9 Å². The van der Waals surface area contributed by atoms with Gasteiger partial charge in [-0.05, 0) is 38.3 Å². The highest BCUT2D eigenvalue weighted by atomic mass is 32.2. The normalized spacial score (nSPS) is 11.0. The predicted octanol–water partition coefficient (Wildman–Crippen LogP) is 5.72. The first kappa shape index (κ1) is 47.1. The molecule has 0 saturated carbocycles. The number of methoxy groups -OCH3 is 3. The highest BCUT2D eigenvalue weighted by Crippen LogP contribution is 2.14. The van der Waals surface area contributed by atoms with Crippen LogP contribution >= 0.6 is 36.2 Å². The Morgan fingerprint density at radius 1 is 0.660 bits per heavy atom. The lowest BCUT2D eigenvalue weighted by atomic mass is 10.2. The van der Waals surface area contributed by atoms with Crippen LogP contribution in [0.1, 0.15) is 42.6 Å². The van der Waals surface area contributed by atoms with Crippen LogP contribution in [-0.4, -0.2) is 141 Å². The molecule has 3 aromatic rings. The van der Waals surface area contributed by atoms with Crippen molar-refractivity contribution in [2.45, 2.75) is 20.8 Å². The molecule has 16 heteroatoms. The summed E-state index contributed by atoms with van der Waals surface area (Å²) in [4.78, 5) is 35.0. The summed E-state index contributed by atoms with van der Waals surface area (Å²) in [6.45, 7) is 9.49. The van der Waals surface area contributed by atoms with E-state index < -0.39 is 0 Å². The van der Waals surface area contributed by atoms with Crippen molar-refractivity contribution in [2.75, 3.05) is 94.4 Å². The minimum absolute atomic E-state index is 0.0674. The van der Waals surface area contributed by atoms with Crippen molar-refractivity contribution in [1.82, 2.24) is 19.9 Å². The maximum atomic E-state index is 11.0. The number of likely N-dealkylation sites (N-methyl/N-ethyl adjacent to an activating group) is 1. The van der Waals surface area contributed by atoms with E-state index in [-0.39, 0.29) is 5.78 Å². The van der Waals surface area contributed by atoms with Gasteiger partial charge >= 0.3 is 0 Å². The van der Waals surface area contributed by atoms with Gasteiger partial charge in [0.15, 0.2) is 5.78 Å². The standard InChI is InChI=1S/C14H21N3O2S.C13H18N2O2S2.C10H13NO3/c1-11(16-10-14(20)17(2)3)13-9-12(5-6-15-13)19-8-7-18-4;1-10(15-9-13(18)19-3)12-8-11(4-5-14-12)17-7-6-16-2;1-8(12)10-7-9(3-4-11-10)14-6-5-13-2/h5-6,9H,7-8,10H2,1-4H3;4-5,8H,6-7,9H2,1-3H3;3-4,7H,5-6H2,1-2H3. The van der Waals surface area contributed by atoms with Gasteiger partial charge < -0.3 is 33.3 Å². The number of hydrogen-bond donors (Lipinski definition) is 0. The van der Waals surface area contributed by atoms with E-state index in [4.69, 9.17) is 52.9 Å². The molecule has 0 aliphatic carbocycles. The monoisotopic (exact) mass is 788 g/mol. The fraction of sp³-hybridized carbons (Fsp3) is 0.459. The average Bonchev–Trinajstić information content (AvgIpc) is 3.16. The second-order valence-corrected chi connectivity index (χ2v) is 13.0. The zero-order chi connectivity index (χ0) is 39.4. The molecule has 0 N–H and O–H groups in total. The van der Waals surface area contributed by atoms with Gasteiger partial charge in [0.2, 0.25) is 0 Å². The highest BCUT2D eigenvalue weighted by molar-refractivity contribution is 8.22. The lowest BCUT2D eigenvalue weighted by Crippen LogP contribution is -2.22. The number of ether oxygens (including phenoxy) is 6.